The number of nitrogens with zero attached hydrogens (tertiary/aromatic N) is 2. The number of methoxy groups -OCH3 is 1. The highest BCUT2D eigenvalue weighted by atomic mass is 127. The molecule has 0 atom stereocenters. The molecule has 6 heteroatoms. The van der Waals surface area contributed by atoms with Gasteiger partial charge in [-0.15, -0.1) is 0 Å². The highest BCUT2D eigenvalue weighted by Gasteiger charge is 2.21. The molecule has 0 aliphatic carbocycles. The normalized spacial score (nSPS) is 10.4. The standard InChI is InChI=1S/C12H10FIN2O2/c1-7-10(14)11(12(17)18-2)15-16(7)9-6-4-3-5-8(9)13/h3-6H,1-2H3. The van der Waals surface area contributed by atoms with Crippen molar-refractivity contribution in [1.29, 1.82) is 0 Å². The Morgan fingerprint density at radius 2 is 2.11 bits per heavy atom. The molecule has 0 bridgehead atoms. The van der Waals surface area contributed by atoms with Crippen LogP contribution in [0, 0.1) is 16.3 Å². The Kier molecular flexibility index (Phi) is 3.65. The summed E-state index contributed by atoms with van der Waals surface area (Å²) in [5, 5.41) is 4.11. The Balaban J connectivity index is 2.60. The van der Waals surface area contributed by atoms with E-state index < -0.39 is 11.8 Å². The molecule has 1 aromatic carbocycles. The summed E-state index contributed by atoms with van der Waals surface area (Å²) >= 11 is 2.00. The molecule has 0 saturated heterocycles. The molecule has 94 valence electrons. The fraction of sp³-hybridized carbons (Fsp3) is 0.167. The van der Waals surface area contributed by atoms with E-state index in [1.54, 1.807) is 25.1 Å². The molecule has 0 unspecified atom stereocenters. The second-order valence-electron chi connectivity index (χ2n) is 3.60. The third-order valence-corrected chi connectivity index (χ3v) is 3.79. The first kappa shape index (κ1) is 13.0. The minimum atomic E-state index is -0.530. The van der Waals surface area contributed by atoms with E-state index in [1.807, 2.05) is 22.6 Å². The molecule has 1 aromatic heterocycles. The summed E-state index contributed by atoms with van der Waals surface area (Å²) in [7, 11) is 1.29. The number of aromatic nitrogens is 2. The fourth-order valence-corrected chi connectivity index (χ4v) is 2.12. The first-order valence-corrected chi connectivity index (χ1v) is 6.22. The van der Waals surface area contributed by atoms with E-state index in [2.05, 4.69) is 9.84 Å². The summed E-state index contributed by atoms with van der Waals surface area (Å²) in [6.07, 6.45) is 0. The summed E-state index contributed by atoms with van der Waals surface area (Å²) in [6.45, 7) is 1.77. The van der Waals surface area contributed by atoms with Crippen molar-refractivity contribution in [3.63, 3.8) is 0 Å². The molecule has 0 aliphatic heterocycles. The lowest BCUT2D eigenvalue weighted by molar-refractivity contribution is 0.0592. The predicted octanol–water partition coefficient (Wildman–Crippen LogP) is 2.71. The van der Waals surface area contributed by atoms with E-state index in [0.717, 1.165) is 0 Å². The van der Waals surface area contributed by atoms with Gasteiger partial charge >= 0.3 is 5.97 Å². The molecule has 0 radical (unpaired) electrons. The van der Waals surface area contributed by atoms with Gasteiger partial charge in [0.15, 0.2) is 5.69 Å². The van der Waals surface area contributed by atoms with Gasteiger partial charge < -0.3 is 4.74 Å². The molecular formula is C12H10FIN2O2. The number of esters is 1. The van der Waals surface area contributed by atoms with Crippen molar-refractivity contribution in [3.8, 4) is 5.69 Å². The number of rotatable bonds is 2. The molecule has 0 spiro atoms. The fourth-order valence-electron chi connectivity index (χ4n) is 1.57. The van der Waals surface area contributed by atoms with Gasteiger partial charge in [-0.3, -0.25) is 0 Å². The van der Waals surface area contributed by atoms with Crippen LogP contribution in [0.1, 0.15) is 16.2 Å². The van der Waals surface area contributed by atoms with E-state index in [9.17, 15) is 9.18 Å². The summed E-state index contributed by atoms with van der Waals surface area (Å²) in [6, 6.07) is 6.27. The van der Waals surface area contributed by atoms with Crippen molar-refractivity contribution in [1.82, 2.24) is 9.78 Å². The van der Waals surface area contributed by atoms with Crippen LogP contribution in [0.5, 0.6) is 0 Å². The van der Waals surface area contributed by atoms with Crippen LogP contribution in [0.25, 0.3) is 5.69 Å². The van der Waals surface area contributed by atoms with Crippen LogP contribution in [0.4, 0.5) is 4.39 Å². The lowest BCUT2D eigenvalue weighted by Gasteiger charge is -2.04. The topological polar surface area (TPSA) is 44.1 Å². The lowest BCUT2D eigenvalue weighted by Crippen LogP contribution is -2.06. The van der Waals surface area contributed by atoms with Crippen LogP contribution in [0.3, 0.4) is 0 Å². The van der Waals surface area contributed by atoms with Gasteiger partial charge in [-0.1, -0.05) is 12.1 Å². The van der Waals surface area contributed by atoms with Crippen LogP contribution in [-0.4, -0.2) is 22.9 Å². The molecule has 0 amide bonds. The Morgan fingerprint density at radius 3 is 2.72 bits per heavy atom. The zero-order valence-corrected chi connectivity index (χ0v) is 11.9. The maximum absolute atomic E-state index is 13.7. The molecule has 2 rings (SSSR count). The van der Waals surface area contributed by atoms with E-state index >= 15 is 0 Å². The van der Waals surface area contributed by atoms with Gasteiger partial charge in [0.25, 0.3) is 0 Å². The van der Waals surface area contributed by atoms with Crippen LogP contribution >= 0.6 is 22.6 Å². The number of para-hydroxylation sites is 1. The van der Waals surface area contributed by atoms with Crippen molar-refractivity contribution in [2.24, 2.45) is 0 Å². The molecule has 4 nitrogen and oxygen atoms in total. The molecule has 2 aromatic rings. The number of carbonyl (C=O) groups is 1. The van der Waals surface area contributed by atoms with E-state index in [4.69, 9.17) is 0 Å². The number of hydrogen-bond donors (Lipinski definition) is 0. The Morgan fingerprint density at radius 1 is 1.44 bits per heavy atom. The molecular weight excluding hydrogens is 350 g/mol. The number of ether oxygens (including phenoxy) is 1. The van der Waals surface area contributed by atoms with Crippen LogP contribution in [0.15, 0.2) is 24.3 Å². The maximum Gasteiger partial charge on any atom is 0.359 e. The van der Waals surface area contributed by atoms with Crippen molar-refractivity contribution in [2.75, 3.05) is 7.11 Å². The quantitative estimate of drug-likeness (QED) is 0.611. The van der Waals surface area contributed by atoms with E-state index in [-0.39, 0.29) is 5.69 Å². The van der Waals surface area contributed by atoms with Crippen molar-refractivity contribution >= 4 is 28.6 Å². The van der Waals surface area contributed by atoms with Crippen molar-refractivity contribution in [3.05, 3.63) is 45.0 Å². The second kappa shape index (κ2) is 5.05. The van der Waals surface area contributed by atoms with Gasteiger partial charge in [0, 0.05) is 0 Å². The van der Waals surface area contributed by atoms with Gasteiger partial charge in [0.1, 0.15) is 11.5 Å². The smallest absolute Gasteiger partial charge is 0.359 e. The van der Waals surface area contributed by atoms with Gasteiger partial charge in [-0.25, -0.2) is 13.9 Å². The first-order chi connectivity index (χ1) is 8.56. The predicted molar refractivity (Wildman–Crippen MR) is 72.3 cm³/mol. The molecule has 0 N–H and O–H groups in total. The van der Waals surface area contributed by atoms with E-state index in [1.165, 1.54) is 17.9 Å². The third kappa shape index (κ3) is 2.12. The molecule has 0 saturated carbocycles. The monoisotopic (exact) mass is 360 g/mol. The average molecular weight is 360 g/mol. The molecule has 18 heavy (non-hydrogen) atoms. The minimum Gasteiger partial charge on any atom is -0.464 e. The van der Waals surface area contributed by atoms with E-state index in [0.29, 0.717) is 15.0 Å². The summed E-state index contributed by atoms with van der Waals surface area (Å²) in [5.74, 6) is -0.923. The number of carbonyl (C=O) groups excluding carboxylic acids is 1. The largest absolute Gasteiger partial charge is 0.464 e. The zero-order valence-electron chi connectivity index (χ0n) is 9.78. The van der Waals surface area contributed by atoms with Gasteiger partial charge in [0.2, 0.25) is 0 Å². The molecule has 1 heterocycles. The first-order valence-electron chi connectivity index (χ1n) is 5.14. The van der Waals surface area contributed by atoms with Gasteiger partial charge in [-0.05, 0) is 41.6 Å². The highest BCUT2D eigenvalue weighted by molar-refractivity contribution is 14.1. The molecule has 0 fully saturated rings. The lowest BCUT2D eigenvalue weighted by atomic mass is 10.3. The number of halogens is 2. The van der Waals surface area contributed by atoms with Crippen molar-refractivity contribution in [2.45, 2.75) is 6.92 Å². The number of benzene rings is 1. The Bertz CT molecular complexity index is 610. The van der Waals surface area contributed by atoms with Gasteiger partial charge in [0.05, 0.1) is 16.4 Å². The Hall–Kier alpha value is -1.44. The summed E-state index contributed by atoms with van der Waals surface area (Å²) in [4.78, 5) is 11.5. The van der Waals surface area contributed by atoms with Crippen molar-refractivity contribution < 1.29 is 13.9 Å². The Labute approximate surface area is 117 Å². The maximum atomic E-state index is 13.7. The zero-order chi connectivity index (χ0) is 13.3. The molecule has 0 aliphatic rings. The van der Waals surface area contributed by atoms with Gasteiger partial charge in [-0.2, -0.15) is 5.10 Å². The van der Waals surface area contributed by atoms with Crippen LogP contribution in [-0.2, 0) is 4.74 Å². The average Bonchev–Trinajstić information content (AvgIpc) is 2.67. The van der Waals surface area contributed by atoms with Crippen LogP contribution < -0.4 is 0 Å². The summed E-state index contributed by atoms with van der Waals surface area (Å²) in [5.41, 5.74) is 1.20. The van der Waals surface area contributed by atoms with Crippen LogP contribution in [0.2, 0.25) is 0 Å². The highest BCUT2D eigenvalue weighted by Crippen LogP contribution is 2.22. The third-order valence-electron chi connectivity index (χ3n) is 2.50. The SMILES string of the molecule is COC(=O)c1nn(-c2ccccc2F)c(C)c1I. The summed E-state index contributed by atoms with van der Waals surface area (Å²) < 4.78 is 20.4. The minimum absolute atomic E-state index is 0.193. The number of hydrogen-bond acceptors (Lipinski definition) is 3. The second-order valence-corrected chi connectivity index (χ2v) is 4.68.